The second-order valence-corrected chi connectivity index (χ2v) is 6.32. The molecule has 0 bridgehead atoms. The molecule has 0 heterocycles. The molecular weight excluding hydrogens is 251 g/mol. The summed E-state index contributed by atoms with van der Waals surface area (Å²) in [4.78, 5) is 0. The van der Waals surface area contributed by atoms with Crippen molar-refractivity contribution in [3.63, 3.8) is 0 Å². The first kappa shape index (κ1) is 14.6. The van der Waals surface area contributed by atoms with Gasteiger partial charge in [0.1, 0.15) is 5.75 Å². The van der Waals surface area contributed by atoms with Crippen LogP contribution in [0.4, 0.5) is 4.39 Å². The molecule has 1 nitrogen and oxygen atoms in total. The van der Waals surface area contributed by atoms with Crippen molar-refractivity contribution in [2.45, 2.75) is 40.0 Å². The van der Waals surface area contributed by atoms with E-state index in [0.717, 1.165) is 16.7 Å². The minimum atomic E-state index is -0.323. The molecule has 0 saturated carbocycles. The molecular formula is C18H21FO. The van der Waals surface area contributed by atoms with Crippen LogP contribution < -0.4 is 4.74 Å². The highest BCUT2D eigenvalue weighted by atomic mass is 19.1. The van der Waals surface area contributed by atoms with Crippen LogP contribution in [0.2, 0.25) is 0 Å². The summed E-state index contributed by atoms with van der Waals surface area (Å²) >= 11 is 0. The van der Waals surface area contributed by atoms with Gasteiger partial charge in [-0.3, -0.25) is 0 Å². The van der Waals surface area contributed by atoms with E-state index >= 15 is 0 Å². The number of hydrogen-bond donors (Lipinski definition) is 0. The van der Waals surface area contributed by atoms with Crippen molar-refractivity contribution in [1.82, 2.24) is 0 Å². The fourth-order valence-corrected chi connectivity index (χ4v) is 2.17. The summed E-state index contributed by atoms with van der Waals surface area (Å²) < 4.78 is 19.8. The van der Waals surface area contributed by atoms with Crippen LogP contribution in [-0.2, 0) is 5.41 Å². The van der Waals surface area contributed by atoms with E-state index in [4.69, 9.17) is 4.74 Å². The number of benzene rings is 2. The van der Waals surface area contributed by atoms with E-state index in [1.54, 1.807) is 12.1 Å². The van der Waals surface area contributed by atoms with E-state index in [1.807, 2.05) is 32.0 Å². The SMILES string of the molecule is Cc1cc(C)cc(Oc2ccc(C(C)(C)C)cc2F)c1. The normalized spacial score (nSPS) is 11.5. The zero-order valence-electron chi connectivity index (χ0n) is 12.8. The molecule has 0 atom stereocenters. The fourth-order valence-electron chi connectivity index (χ4n) is 2.17. The Morgan fingerprint density at radius 3 is 2.00 bits per heavy atom. The molecule has 0 N–H and O–H groups in total. The fraction of sp³-hybridized carbons (Fsp3) is 0.333. The van der Waals surface area contributed by atoms with E-state index in [2.05, 4.69) is 26.8 Å². The summed E-state index contributed by atoms with van der Waals surface area (Å²) in [6.07, 6.45) is 0. The minimum absolute atomic E-state index is 0.0701. The van der Waals surface area contributed by atoms with Gasteiger partial charge in [0.05, 0.1) is 0 Å². The largest absolute Gasteiger partial charge is 0.454 e. The average molecular weight is 272 g/mol. The van der Waals surface area contributed by atoms with E-state index in [-0.39, 0.29) is 17.0 Å². The molecule has 0 aliphatic rings. The molecule has 2 aromatic rings. The summed E-state index contributed by atoms with van der Waals surface area (Å²) in [6, 6.07) is 11.0. The van der Waals surface area contributed by atoms with Crippen LogP contribution in [0.25, 0.3) is 0 Å². The van der Waals surface area contributed by atoms with Gasteiger partial charge in [-0.05, 0) is 60.2 Å². The van der Waals surface area contributed by atoms with E-state index in [9.17, 15) is 4.39 Å². The summed E-state index contributed by atoms with van der Waals surface area (Å²) in [7, 11) is 0. The highest BCUT2D eigenvalue weighted by Crippen LogP contribution is 2.30. The Hall–Kier alpha value is -1.83. The Bertz CT molecular complexity index is 604. The molecule has 106 valence electrons. The molecule has 0 saturated heterocycles. The van der Waals surface area contributed by atoms with Crippen LogP contribution in [0.5, 0.6) is 11.5 Å². The third-order valence-corrected chi connectivity index (χ3v) is 3.22. The van der Waals surface area contributed by atoms with Gasteiger partial charge in [-0.2, -0.15) is 0 Å². The molecule has 0 aliphatic heterocycles. The van der Waals surface area contributed by atoms with Crippen molar-refractivity contribution in [1.29, 1.82) is 0 Å². The molecule has 2 rings (SSSR count). The molecule has 0 aliphatic carbocycles. The summed E-state index contributed by atoms with van der Waals surface area (Å²) in [6.45, 7) is 10.2. The highest BCUT2D eigenvalue weighted by molar-refractivity contribution is 5.39. The molecule has 0 spiro atoms. The van der Waals surface area contributed by atoms with E-state index in [1.165, 1.54) is 0 Å². The van der Waals surface area contributed by atoms with Crippen LogP contribution >= 0.6 is 0 Å². The van der Waals surface area contributed by atoms with E-state index in [0.29, 0.717) is 5.75 Å². The van der Waals surface area contributed by atoms with Crippen molar-refractivity contribution in [3.05, 3.63) is 58.9 Å². The first-order valence-electron chi connectivity index (χ1n) is 6.82. The Morgan fingerprint density at radius 1 is 0.900 bits per heavy atom. The lowest BCUT2D eigenvalue weighted by Crippen LogP contribution is -2.11. The third kappa shape index (κ3) is 3.38. The zero-order chi connectivity index (χ0) is 14.9. The monoisotopic (exact) mass is 272 g/mol. The number of hydrogen-bond acceptors (Lipinski definition) is 1. The average Bonchev–Trinajstić information content (AvgIpc) is 2.29. The molecule has 2 aromatic carbocycles. The summed E-state index contributed by atoms with van der Waals surface area (Å²) in [5.74, 6) is 0.615. The molecule has 0 radical (unpaired) electrons. The molecule has 0 fully saturated rings. The maximum atomic E-state index is 14.1. The van der Waals surface area contributed by atoms with Crippen LogP contribution in [0.3, 0.4) is 0 Å². The van der Waals surface area contributed by atoms with Crippen molar-refractivity contribution in [2.75, 3.05) is 0 Å². The Kier molecular flexibility index (Phi) is 3.85. The first-order valence-corrected chi connectivity index (χ1v) is 6.82. The predicted molar refractivity (Wildman–Crippen MR) is 81.1 cm³/mol. The van der Waals surface area contributed by atoms with Crippen molar-refractivity contribution in [2.24, 2.45) is 0 Å². The van der Waals surface area contributed by atoms with E-state index < -0.39 is 0 Å². The maximum Gasteiger partial charge on any atom is 0.166 e. The van der Waals surface area contributed by atoms with Gasteiger partial charge in [-0.25, -0.2) is 4.39 Å². The van der Waals surface area contributed by atoms with Crippen molar-refractivity contribution in [3.8, 4) is 11.5 Å². The standard InChI is InChI=1S/C18H21FO/c1-12-8-13(2)10-15(9-12)20-17-7-6-14(11-16(17)19)18(3,4)5/h6-11H,1-5H3. The topological polar surface area (TPSA) is 9.23 Å². The van der Waals surface area contributed by atoms with Gasteiger partial charge >= 0.3 is 0 Å². The Morgan fingerprint density at radius 2 is 1.50 bits per heavy atom. The maximum absolute atomic E-state index is 14.1. The lowest BCUT2D eigenvalue weighted by molar-refractivity contribution is 0.439. The van der Waals surface area contributed by atoms with Crippen LogP contribution in [0.15, 0.2) is 36.4 Å². The lowest BCUT2D eigenvalue weighted by Gasteiger charge is -2.19. The smallest absolute Gasteiger partial charge is 0.166 e. The van der Waals surface area contributed by atoms with Gasteiger partial charge in [0.2, 0.25) is 0 Å². The molecule has 20 heavy (non-hydrogen) atoms. The number of ether oxygens (including phenoxy) is 1. The highest BCUT2D eigenvalue weighted by Gasteiger charge is 2.16. The van der Waals surface area contributed by atoms with Crippen molar-refractivity contribution >= 4 is 0 Å². The van der Waals surface area contributed by atoms with Gasteiger partial charge in [0.15, 0.2) is 11.6 Å². The number of rotatable bonds is 2. The van der Waals surface area contributed by atoms with Gasteiger partial charge in [-0.1, -0.05) is 32.9 Å². The third-order valence-electron chi connectivity index (χ3n) is 3.22. The lowest BCUT2D eigenvalue weighted by atomic mass is 9.87. The zero-order valence-corrected chi connectivity index (χ0v) is 12.8. The second kappa shape index (κ2) is 5.28. The van der Waals surface area contributed by atoms with Crippen molar-refractivity contribution < 1.29 is 9.13 Å². The van der Waals surface area contributed by atoms with Crippen LogP contribution in [0, 0.1) is 19.7 Å². The number of halogens is 1. The first-order chi connectivity index (χ1) is 9.25. The summed E-state index contributed by atoms with van der Waals surface area (Å²) in [5, 5.41) is 0. The Balaban J connectivity index is 2.30. The Labute approximate surface area is 120 Å². The molecule has 2 heteroatoms. The van der Waals surface area contributed by atoms with Gasteiger partial charge in [-0.15, -0.1) is 0 Å². The second-order valence-electron chi connectivity index (χ2n) is 6.32. The van der Waals surface area contributed by atoms with Gasteiger partial charge in [0, 0.05) is 0 Å². The van der Waals surface area contributed by atoms with Gasteiger partial charge < -0.3 is 4.74 Å². The number of aryl methyl sites for hydroxylation is 2. The predicted octanol–water partition coefficient (Wildman–Crippen LogP) is 5.53. The summed E-state index contributed by atoms with van der Waals surface area (Å²) in [5.41, 5.74) is 3.10. The quantitative estimate of drug-likeness (QED) is 0.698. The minimum Gasteiger partial charge on any atom is -0.454 e. The molecule has 0 aromatic heterocycles. The molecule has 0 amide bonds. The molecule has 0 unspecified atom stereocenters. The van der Waals surface area contributed by atoms with Crippen LogP contribution in [-0.4, -0.2) is 0 Å². The van der Waals surface area contributed by atoms with Gasteiger partial charge in [0.25, 0.3) is 0 Å². The van der Waals surface area contributed by atoms with Crippen LogP contribution in [0.1, 0.15) is 37.5 Å².